The van der Waals surface area contributed by atoms with Crippen molar-refractivity contribution in [3.63, 3.8) is 0 Å². The van der Waals surface area contributed by atoms with E-state index >= 15 is 0 Å². The molecular weight excluding hydrogens is 170 g/mol. The van der Waals surface area contributed by atoms with Crippen LogP contribution in [0.15, 0.2) is 15.2 Å². The summed E-state index contributed by atoms with van der Waals surface area (Å²) >= 11 is 0. The first-order chi connectivity index (χ1) is 6.02. The van der Waals surface area contributed by atoms with Gasteiger partial charge in [-0.1, -0.05) is 0 Å². The van der Waals surface area contributed by atoms with Crippen LogP contribution in [0.4, 0.5) is 0 Å². The molecule has 0 heterocycles. The lowest BCUT2D eigenvalue weighted by Gasteiger charge is -1.89. The van der Waals surface area contributed by atoms with E-state index in [2.05, 4.69) is 15.2 Å². The van der Waals surface area contributed by atoms with Gasteiger partial charge < -0.3 is 17.2 Å². The molecule has 13 heavy (non-hydrogen) atoms. The van der Waals surface area contributed by atoms with Crippen molar-refractivity contribution in [3.05, 3.63) is 0 Å². The first-order valence-corrected chi connectivity index (χ1v) is 3.48. The molecule has 0 aliphatic rings. The lowest BCUT2D eigenvalue weighted by molar-refractivity contribution is 1.20. The zero-order valence-electron chi connectivity index (χ0n) is 7.36. The van der Waals surface area contributed by atoms with Crippen LogP contribution in [0.1, 0.15) is 6.92 Å². The molecule has 0 amide bonds. The van der Waals surface area contributed by atoms with E-state index in [1.165, 1.54) is 6.21 Å². The van der Waals surface area contributed by atoms with Gasteiger partial charge in [0.25, 0.3) is 0 Å². The molecule has 0 saturated heterocycles. The van der Waals surface area contributed by atoms with Crippen molar-refractivity contribution in [1.29, 1.82) is 5.41 Å². The maximum atomic E-state index is 6.87. The number of hydrogen-bond donors (Lipinski definition) is 4. The van der Waals surface area contributed by atoms with Crippen LogP contribution in [0.2, 0.25) is 0 Å². The number of guanidine groups is 1. The number of nitrogens with two attached hydrogens (primary N) is 3. The van der Waals surface area contributed by atoms with Crippen molar-refractivity contribution >= 4 is 23.7 Å². The van der Waals surface area contributed by atoms with Crippen LogP contribution in [0.5, 0.6) is 0 Å². The van der Waals surface area contributed by atoms with E-state index in [0.29, 0.717) is 5.71 Å². The second kappa shape index (κ2) is 5.70. The van der Waals surface area contributed by atoms with E-state index < -0.39 is 0 Å². The highest BCUT2D eigenvalue weighted by atomic mass is 15.3. The number of hydrogen-bond acceptors (Lipinski definition) is 4. The minimum absolute atomic E-state index is 0.00844. The molecule has 0 saturated carbocycles. The molecule has 7 N–H and O–H groups in total. The van der Waals surface area contributed by atoms with E-state index in [4.69, 9.17) is 22.6 Å². The Bertz CT molecular complexity index is 258. The summed E-state index contributed by atoms with van der Waals surface area (Å²) < 4.78 is 0. The average Bonchev–Trinajstić information content (AvgIpc) is 2.00. The van der Waals surface area contributed by atoms with Crippen molar-refractivity contribution in [2.24, 2.45) is 32.4 Å². The first-order valence-electron chi connectivity index (χ1n) is 3.48. The van der Waals surface area contributed by atoms with Crippen molar-refractivity contribution in [3.8, 4) is 0 Å². The van der Waals surface area contributed by atoms with Gasteiger partial charge in [-0.15, -0.1) is 5.10 Å². The number of nitrogens with zero attached hydrogens (tertiary/aromatic N) is 3. The van der Waals surface area contributed by atoms with E-state index in [0.717, 1.165) is 0 Å². The summed E-state index contributed by atoms with van der Waals surface area (Å²) in [5.41, 5.74) is 15.7. The summed E-state index contributed by atoms with van der Waals surface area (Å²) in [5, 5.41) is 13.9. The van der Waals surface area contributed by atoms with E-state index in [9.17, 15) is 0 Å². The smallest absolute Gasteiger partial charge is 0.211 e. The standard InChI is InChI=1S/C6H13N7/c1-4(12-13-6(9)10)2-11-3-5(7)8/h2H,3H2,1H3,(H3,7,8)(H4,9,10,13)/b11-2?,12-4+. The number of aliphatic imine (C=N–C) groups is 1. The minimum Gasteiger partial charge on any atom is -0.386 e. The zero-order valence-corrected chi connectivity index (χ0v) is 7.36. The lowest BCUT2D eigenvalue weighted by atomic mass is 10.5. The largest absolute Gasteiger partial charge is 0.386 e. The van der Waals surface area contributed by atoms with Crippen molar-refractivity contribution < 1.29 is 0 Å². The molecule has 0 aromatic carbocycles. The van der Waals surface area contributed by atoms with Crippen molar-refractivity contribution in [1.82, 2.24) is 0 Å². The third-order valence-electron chi connectivity index (χ3n) is 0.863. The van der Waals surface area contributed by atoms with Gasteiger partial charge in [-0.2, -0.15) is 5.10 Å². The molecule has 0 atom stereocenters. The fourth-order valence-electron chi connectivity index (χ4n) is 0.439. The fourth-order valence-corrected chi connectivity index (χ4v) is 0.439. The Morgan fingerprint density at radius 1 is 1.31 bits per heavy atom. The highest BCUT2D eigenvalue weighted by Gasteiger charge is 1.85. The molecule has 0 radical (unpaired) electrons. The summed E-state index contributed by atoms with van der Waals surface area (Å²) in [7, 11) is 0. The van der Waals surface area contributed by atoms with Crippen LogP contribution in [-0.4, -0.2) is 30.3 Å². The second-order valence-corrected chi connectivity index (χ2v) is 2.26. The molecule has 7 heteroatoms. The van der Waals surface area contributed by atoms with Gasteiger partial charge in [0.1, 0.15) is 5.84 Å². The molecule has 0 aromatic heterocycles. The van der Waals surface area contributed by atoms with Crippen LogP contribution < -0.4 is 17.2 Å². The van der Waals surface area contributed by atoms with Crippen molar-refractivity contribution in [2.75, 3.05) is 6.54 Å². The Hall–Kier alpha value is -1.92. The summed E-state index contributed by atoms with van der Waals surface area (Å²) in [5.74, 6) is -0.120. The van der Waals surface area contributed by atoms with Gasteiger partial charge in [-0.3, -0.25) is 10.4 Å². The third-order valence-corrected chi connectivity index (χ3v) is 0.863. The molecular formula is C6H13N7. The molecule has 0 spiro atoms. The van der Waals surface area contributed by atoms with Gasteiger partial charge in [-0.25, -0.2) is 0 Å². The fraction of sp³-hybridized carbons (Fsp3) is 0.333. The SMILES string of the molecule is C/C(C=NCC(=N)N)=N\N=C(N)N. The molecule has 72 valence electrons. The summed E-state index contributed by atoms with van der Waals surface area (Å²) in [6, 6.07) is 0. The summed E-state index contributed by atoms with van der Waals surface area (Å²) in [6.07, 6.45) is 1.44. The Balaban J connectivity index is 4.06. The van der Waals surface area contributed by atoms with Gasteiger partial charge in [0.2, 0.25) is 5.96 Å². The monoisotopic (exact) mass is 183 g/mol. The molecule has 7 nitrogen and oxygen atoms in total. The van der Waals surface area contributed by atoms with Crippen LogP contribution in [0, 0.1) is 5.41 Å². The Morgan fingerprint density at radius 3 is 2.38 bits per heavy atom. The lowest BCUT2D eigenvalue weighted by Crippen LogP contribution is -2.22. The Kier molecular flexibility index (Phi) is 4.85. The zero-order chi connectivity index (χ0) is 10.3. The maximum Gasteiger partial charge on any atom is 0.211 e. The molecule has 0 aliphatic carbocycles. The van der Waals surface area contributed by atoms with Crippen LogP contribution >= 0.6 is 0 Å². The van der Waals surface area contributed by atoms with E-state index in [1.54, 1.807) is 6.92 Å². The Morgan fingerprint density at radius 2 is 1.92 bits per heavy atom. The minimum atomic E-state index is -0.112. The molecule has 0 unspecified atom stereocenters. The number of rotatable bonds is 4. The molecule has 0 bridgehead atoms. The van der Waals surface area contributed by atoms with Crippen LogP contribution in [-0.2, 0) is 0 Å². The van der Waals surface area contributed by atoms with Gasteiger partial charge in [0.15, 0.2) is 0 Å². The van der Waals surface area contributed by atoms with Gasteiger partial charge in [0, 0.05) is 6.21 Å². The topological polar surface area (TPSA) is 139 Å². The predicted octanol–water partition coefficient (Wildman–Crippen LogP) is -1.36. The average molecular weight is 183 g/mol. The number of nitrogens with one attached hydrogen (secondary N) is 1. The quantitative estimate of drug-likeness (QED) is 0.243. The van der Waals surface area contributed by atoms with E-state index in [-0.39, 0.29) is 18.3 Å². The van der Waals surface area contributed by atoms with Gasteiger partial charge in [0.05, 0.1) is 12.3 Å². The van der Waals surface area contributed by atoms with Crippen molar-refractivity contribution in [2.45, 2.75) is 6.92 Å². The van der Waals surface area contributed by atoms with E-state index in [1.807, 2.05) is 0 Å². The predicted molar refractivity (Wildman–Crippen MR) is 54.2 cm³/mol. The molecule has 0 fully saturated rings. The first kappa shape index (κ1) is 11.1. The normalized spacial score (nSPS) is 11.6. The van der Waals surface area contributed by atoms with Gasteiger partial charge >= 0.3 is 0 Å². The highest BCUT2D eigenvalue weighted by molar-refractivity contribution is 6.29. The second-order valence-electron chi connectivity index (χ2n) is 2.26. The van der Waals surface area contributed by atoms with Gasteiger partial charge in [-0.05, 0) is 6.92 Å². The van der Waals surface area contributed by atoms with Crippen LogP contribution in [0.25, 0.3) is 0 Å². The maximum absolute atomic E-state index is 6.87. The molecule has 0 aromatic rings. The molecule has 0 rings (SSSR count). The highest BCUT2D eigenvalue weighted by Crippen LogP contribution is 1.76. The Labute approximate surface area is 75.9 Å². The summed E-state index contributed by atoms with van der Waals surface area (Å²) in [4.78, 5) is 3.79. The molecule has 0 aliphatic heterocycles. The summed E-state index contributed by atoms with van der Waals surface area (Å²) in [6.45, 7) is 1.82. The number of amidine groups is 1. The van der Waals surface area contributed by atoms with Crippen LogP contribution in [0.3, 0.4) is 0 Å². The third kappa shape index (κ3) is 7.98.